The van der Waals surface area contributed by atoms with Crippen molar-refractivity contribution in [3.8, 4) is 0 Å². The topological polar surface area (TPSA) is 81.7 Å². The highest BCUT2D eigenvalue weighted by atomic mass is 19.4. The summed E-state index contributed by atoms with van der Waals surface area (Å²) in [6, 6.07) is 19.2. The fourth-order valence-electron chi connectivity index (χ4n) is 5.99. The summed E-state index contributed by atoms with van der Waals surface area (Å²) in [4.78, 5) is 29.2. The molecule has 1 aliphatic heterocycles. The number of alkyl halides is 3. The van der Waals surface area contributed by atoms with Crippen molar-refractivity contribution in [1.29, 1.82) is 0 Å². The average Bonchev–Trinajstić information content (AvgIpc) is 3.01. The molecule has 3 aromatic rings. The summed E-state index contributed by atoms with van der Waals surface area (Å²) >= 11 is 0. The number of carbonyl (C=O) groups excluding carboxylic acids is 2. The second-order valence-corrected chi connectivity index (χ2v) is 11.5. The van der Waals surface area contributed by atoms with Crippen molar-refractivity contribution in [3.05, 3.63) is 106 Å². The summed E-state index contributed by atoms with van der Waals surface area (Å²) in [7, 11) is 0. The van der Waals surface area contributed by atoms with E-state index < -0.39 is 23.9 Å². The normalized spacial score (nSPS) is 14.8. The smallest absolute Gasteiger partial charge is 0.390 e. The van der Waals surface area contributed by atoms with Crippen molar-refractivity contribution in [1.82, 2.24) is 15.5 Å². The molecule has 1 aliphatic rings. The van der Waals surface area contributed by atoms with Crippen molar-refractivity contribution in [2.75, 3.05) is 13.1 Å². The quantitative estimate of drug-likeness (QED) is 0.204. The van der Waals surface area contributed by atoms with Crippen LogP contribution >= 0.6 is 0 Å². The Hall–Kier alpha value is -3.69. The molecular formula is C35H42F3N3O3. The molecule has 2 atom stereocenters. The summed E-state index contributed by atoms with van der Waals surface area (Å²) < 4.78 is 39.3. The van der Waals surface area contributed by atoms with Gasteiger partial charge in [0.2, 0.25) is 0 Å². The Bertz CT molecular complexity index is 1390. The fraction of sp³-hybridized carbons (Fsp3) is 0.429. The van der Waals surface area contributed by atoms with Crippen LogP contribution in [0, 0.1) is 0 Å². The van der Waals surface area contributed by atoms with Crippen LogP contribution in [0.5, 0.6) is 0 Å². The van der Waals surface area contributed by atoms with E-state index in [4.69, 9.17) is 0 Å². The highest BCUT2D eigenvalue weighted by Crippen LogP contribution is 2.30. The molecule has 4 rings (SSSR count). The van der Waals surface area contributed by atoms with Gasteiger partial charge in [0, 0.05) is 36.8 Å². The Kier molecular flexibility index (Phi) is 11.6. The van der Waals surface area contributed by atoms with Crippen LogP contribution < -0.4 is 10.6 Å². The third-order valence-corrected chi connectivity index (χ3v) is 8.22. The maximum absolute atomic E-state index is 13.7. The molecule has 2 amide bonds. The first kappa shape index (κ1) is 33.2. The van der Waals surface area contributed by atoms with E-state index in [-0.39, 0.29) is 30.9 Å². The molecule has 1 heterocycles. The summed E-state index contributed by atoms with van der Waals surface area (Å²) in [5, 5.41) is 17.2. The number of rotatable bonds is 14. The standard InChI is InChI=1S/C35H42F3N3O3/c1-3-10-27(11-4-2)41-19-18-28-29(16-9-17-30(28)34(41)44)33(43)40-31(21-24-12-6-5-7-13-24)32(42)23-39-22-25-14-8-15-26(20-25)35(36,37)38/h5-9,12-17,20,27,31-32,39,42H,3-4,10-11,18-19,21-23H2,1-2H3,(H,40,43)/t31-,32-/m0/s1. The van der Waals surface area contributed by atoms with Crippen LogP contribution in [0.15, 0.2) is 72.8 Å². The zero-order chi connectivity index (χ0) is 31.7. The van der Waals surface area contributed by atoms with Gasteiger partial charge < -0.3 is 20.6 Å². The molecule has 0 spiro atoms. The maximum atomic E-state index is 13.7. The van der Waals surface area contributed by atoms with E-state index in [0.717, 1.165) is 43.4 Å². The van der Waals surface area contributed by atoms with Gasteiger partial charge in [-0.2, -0.15) is 13.2 Å². The molecule has 44 heavy (non-hydrogen) atoms. The summed E-state index contributed by atoms with van der Waals surface area (Å²) in [5.41, 5.74) is 2.29. The van der Waals surface area contributed by atoms with Crippen LogP contribution in [0.2, 0.25) is 0 Å². The minimum Gasteiger partial charge on any atom is -0.390 e. The monoisotopic (exact) mass is 609 g/mol. The average molecular weight is 610 g/mol. The Morgan fingerprint density at radius 2 is 1.64 bits per heavy atom. The highest BCUT2D eigenvalue weighted by molar-refractivity contribution is 6.03. The van der Waals surface area contributed by atoms with Gasteiger partial charge in [-0.15, -0.1) is 0 Å². The molecular weight excluding hydrogens is 567 g/mol. The second kappa shape index (κ2) is 15.3. The number of hydrogen-bond donors (Lipinski definition) is 3. The molecule has 3 aromatic carbocycles. The van der Waals surface area contributed by atoms with E-state index in [2.05, 4.69) is 24.5 Å². The second-order valence-electron chi connectivity index (χ2n) is 11.5. The van der Waals surface area contributed by atoms with Gasteiger partial charge in [0.15, 0.2) is 0 Å². The van der Waals surface area contributed by atoms with Gasteiger partial charge in [0.1, 0.15) is 0 Å². The number of benzene rings is 3. The Morgan fingerprint density at radius 3 is 2.32 bits per heavy atom. The maximum Gasteiger partial charge on any atom is 0.416 e. The number of halogens is 3. The predicted octanol–water partition coefficient (Wildman–Crippen LogP) is 6.16. The number of nitrogens with zero attached hydrogens (tertiary/aromatic N) is 1. The number of nitrogens with one attached hydrogen (secondary N) is 2. The molecule has 0 saturated carbocycles. The van der Waals surface area contributed by atoms with Crippen molar-refractivity contribution in [2.24, 2.45) is 0 Å². The van der Waals surface area contributed by atoms with Gasteiger partial charge in [-0.3, -0.25) is 9.59 Å². The minimum absolute atomic E-state index is 0.0462. The Balaban J connectivity index is 1.49. The molecule has 6 nitrogen and oxygen atoms in total. The molecule has 0 saturated heterocycles. The molecule has 0 radical (unpaired) electrons. The molecule has 0 aliphatic carbocycles. The van der Waals surface area contributed by atoms with Gasteiger partial charge in [0.25, 0.3) is 11.8 Å². The van der Waals surface area contributed by atoms with E-state index in [9.17, 15) is 27.9 Å². The number of hydrogen-bond acceptors (Lipinski definition) is 4. The largest absolute Gasteiger partial charge is 0.416 e. The van der Waals surface area contributed by atoms with E-state index in [1.807, 2.05) is 35.2 Å². The number of amides is 2. The van der Waals surface area contributed by atoms with Crippen molar-refractivity contribution in [2.45, 2.75) is 83.3 Å². The lowest BCUT2D eigenvalue weighted by Crippen LogP contribution is -2.49. The number of carbonyl (C=O) groups is 2. The lowest BCUT2D eigenvalue weighted by molar-refractivity contribution is -0.137. The van der Waals surface area contributed by atoms with Crippen molar-refractivity contribution >= 4 is 11.8 Å². The van der Waals surface area contributed by atoms with Gasteiger partial charge in [-0.25, -0.2) is 0 Å². The number of aliphatic hydroxyl groups is 1. The zero-order valence-electron chi connectivity index (χ0n) is 25.4. The fourth-order valence-corrected chi connectivity index (χ4v) is 5.99. The lowest BCUT2D eigenvalue weighted by atomic mass is 9.91. The molecule has 0 unspecified atom stereocenters. The van der Waals surface area contributed by atoms with Crippen LogP contribution in [-0.2, 0) is 25.6 Å². The molecule has 236 valence electrons. The van der Waals surface area contributed by atoms with Crippen LogP contribution in [0.4, 0.5) is 13.2 Å². The molecule has 0 fully saturated rings. The highest BCUT2D eigenvalue weighted by Gasteiger charge is 2.33. The third-order valence-electron chi connectivity index (χ3n) is 8.22. The van der Waals surface area contributed by atoms with Gasteiger partial charge in [0.05, 0.1) is 17.7 Å². The summed E-state index contributed by atoms with van der Waals surface area (Å²) in [5.74, 6) is -0.424. The molecule has 3 N–H and O–H groups in total. The molecule has 9 heteroatoms. The van der Waals surface area contributed by atoms with E-state index in [1.54, 1.807) is 24.3 Å². The zero-order valence-corrected chi connectivity index (χ0v) is 25.4. The number of fused-ring (bicyclic) bond motifs is 1. The van der Waals surface area contributed by atoms with E-state index in [1.165, 1.54) is 6.07 Å². The van der Waals surface area contributed by atoms with Gasteiger partial charge in [-0.1, -0.05) is 81.3 Å². The van der Waals surface area contributed by atoms with Gasteiger partial charge in [-0.05, 0) is 60.6 Å². The summed E-state index contributed by atoms with van der Waals surface area (Å²) in [6.45, 7) is 4.96. The first-order chi connectivity index (χ1) is 21.1. The lowest BCUT2D eigenvalue weighted by Gasteiger charge is -2.36. The van der Waals surface area contributed by atoms with E-state index in [0.29, 0.717) is 41.6 Å². The van der Waals surface area contributed by atoms with Crippen molar-refractivity contribution < 1.29 is 27.9 Å². The van der Waals surface area contributed by atoms with Crippen LogP contribution in [0.3, 0.4) is 0 Å². The minimum atomic E-state index is -4.44. The van der Waals surface area contributed by atoms with Crippen LogP contribution in [0.25, 0.3) is 0 Å². The van der Waals surface area contributed by atoms with Crippen LogP contribution in [0.1, 0.15) is 82.5 Å². The molecule has 0 bridgehead atoms. The first-order valence-corrected chi connectivity index (χ1v) is 15.4. The summed E-state index contributed by atoms with van der Waals surface area (Å²) in [6.07, 6.45) is -0.702. The number of aliphatic hydroxyl groups excluding tert-OH is 1. The van der Waals surface area contributed by atoms with Crippen LogP contribution in [-0.4, -0.2) is 53.1 Å². The predicted molar refractivity (Wildman–Crippen MR) is 165 cm³/mol. The third kappa shape index (κ3) is 8.48. The Labute approximate surface area is 257 Å². The first-order valence-electron chi connectivity index (χ1n) is 15.4. The Morgan fingerprint density at radius 1 is 0.955 bits per heavy atom. The molecule has 0 aromatic heterocycles. The van der Waals surface area contributed by atoms with Gasteiger partial charge >= 0.3 is 6.18 Å². The van der Waals surface area contributed by atoms with Crippen molar-refractivity contribution in [3.63, 3.8) is 0 Å². The SMILES string of the molecule is CCCC(CCC)N1CCc2c(C(=O)N[C@@H](Cc3ccccc3)[C@@H](O)CNCc3cccc(C(F)(F)F)c3)cccc2C1=O. The van der Waals surface area contributed by atoms with E-state index >= 15 is 0 Å².